The predicted octanol–water partition coefficient (Wildman–Crippen LogP) is 3.20. The molecule has 0 aliphatic heterocycles. The van der Waals surface area contributed by atoms with Crippen LogP contribution in [0.15, 0.2) is 27.7 Å². The zero-order valence-corrected chi connectivity index (χ0v) is 16.0. The van der Waals surface area contributed by atoms with Gasteiger partial charge in [-0.25, -0.2) is 4.39 Å². The summed E-state index contributed by atoms with van der Waals surface area (Å²) in [6.07, 6.45) is 2.83. The first-order valence-corrected chi connectivity index (χ1v) is 9.57. The Balaban J connectivity index is 1.88. The van der Waals surface area contributed by atoms with E-state index in [-0.39, 0.29) is 5.82 Å². The third kappa shape index (κ3) is 5.49. The number of guanidine groups is 1. The molecule has 0 amide bonds. The summed E-state index contributed by atoms with van der Waals surface area (Å²) in [6.45, 7) is 5.19. The fourth-order valence-corrected chi connectivity index (χ4v) is 3.20. The molecule has 0 atom stereocenters. The Kier molecular flexibility index (Phi) is 7.31. The van der Waals surface area contributed by atoms with Gasteiger partial charge in [-0.2, -0.15) is 11.8 Å². The van der Waals surface area contributed by atoms with Crippen molar-refractivity contribution in [2.45, 2.75) is 32.6 Å². The molecule has 1 heterocycles. The number of hydrogen-bond donors (Lipinski definition) is 2. The van der Waals surface area contributed by atoms with Crippen molar-refractivity contribution < 1.29 is 8.91 Å². The standard InChI is InChI=1S/C18H25FN4OS/c1-12-17(13(2)24-23-12)7-8-21-18(20-3)22-10-14-5-6-16(19)9-15(14)11-25-4/h5-6,9H,7-8,10-11H2,1-4H3,(H2,20,21,22). The van der Waals surface area contributed by atoms with Gasteiger partial charge in [0, 0.05) is 31.5 Å². The number of nitrogens with zero attached hydrogens (tertiary/aromatic N) is 2. The number of thioether (sulfide) groups is 1. The number of halogens is 1. The van der Waals surface area contributed by atoms with Crippen LogP contribution in [0.3, 0.4) is 0 Å². The number of aliphatic imine (C=N–C) groups is 1. The average Bonchev–Trinajstić information content (AvgIpc) is 2.91. The van der Waals surface area contributed by atoms with E-state index in [1.165, 1.54) is 6.07 Å². The summed E-state index contributed by atoms with van der Waals surface area (Å²) in [5.41, 5.74) is 4.13. The van der Waals surface area contributed by atoms with Gasteiger partial charge in [-0.3, -0.25) is 4.99 Å². The van der Waals surface area contributed by atoms with Gasteiger partial charge in [-0.05, 0) is 49.8 Å². The first kappa shape index (κ1) is 19.3. The molecule has 25 heavy (non-hydrogen) atoms. The van der Waals surface area contributed by atoms with E-state index >= 15 is 0 Å². The highest BCUT2D eigenvalue weighted by atomic mass is 32.2. The van der Waals surface area contributed by atoms with Crippen molar-refractivity contribution in [3.8, 4) is 0 Å². The summed E-state index contributed by atoms with van der Waals surface area (Å²) in [5, 5.41) is 10.5. The molecule has 1 aromatic carbocycles. The highest BCUT2D eigenvalue weighted by Gasteiger charge is 2.09. The van der Waals surface area contributed by atoms with E-state index in [0.717, 1.165) is 46.9 Å². The van der Waals surface area contributed by atoms with Crippen LogP contribution in [0.25, 0.3) is 0 Å². The maximum absolute atomic E-state index is 13.4. The lowest BCUT2D eigenvalue weighted by Crippen LogP contribution is -2.38. The molecule has 0 saturated carbocycles. The van der Waals surface area contributed by atoms with Crippen LogP contribution >= 0.6 is 11.8 Å². The van der Waals surface area contributed by atoms with Gasteiger partial charge in [0.25, 0.3) is 0 Å². The normalized spacial score (nSPS) is 11.6. The highest BCUT2D eigenvalue weighted by Crippen LogP contribution is 2.16. The first-order chi connectivity index (χ1) is 12.0. The number of rotatable bonds is 7. The molecule has 1 aromatic heterocycles. The van der Waals surface area contributed by atoms with Gasteiger partial charge in [-0.1, -0.05) is 11.2 Å². The Labute approximate surface area is 152 Å². The van der Waals surface area contributed by atoms with Gasteiger partial charge in [0.05, 0.1) is 5.69 Å². The molecule has 0 fully saturated rings. The van der Waals surface area contributed by atoms with Gasteiger partial charge in [-0.15, -0.1) is 0 Å². The molecule has 0 saturated heterocycles. The Bertz CT molecular complexity index is 710. The predicted molar refractivity (Wildman–Crippen MR) is 102 cm³/mol. The Morgan fingerprint density at radius 1 is 1.28 bits per heavy atom. The number of aryl methyl sites for hydroxylation is 2. The van der Waals surface area contributed by atoms with E-state index in [2.05, 4.69) is 20.8 Å². The van der Waals surface area contributed by atoms with E-state index in [0.29, 0.717) is 12.5 Å². The van der Waals surface area contributed by atoms with Crippen molar-refractivity contribution in [3.05, 3.63) is 52.2 Å². The SMILES string of the molecule is CN=C(NCCc1c(C)noc1C)NCc1ccc(F)cc1CSC. The van der Waals surface area contributed by atoms with Crippen LogP contribution in [0.2, 0.25) is 0 Å². The van der Waals surface area contributed by atoms with E-state index in [9.17, 15) is 4.39 Å². The molecule has 0 spiro atoms. The van der Waals surface area contributed by atoms with E-state index < -0.39 is 0 Å². The van der Waals surface area contributed by atoms with Crippen molar-refractivity contribution in [1.82, 2.24) is 15.8 Å². The molecule has 2 rings (SSSR count). The van der Waals surface area contributed by atoms with E-state index in [1.807, 2.05) is 26.2 Å². The van der Waals surface area contributed by atoms with Crippen molar-refractivity contribution in [1.29, 1.82) is 0 Å². The van der Waals surface area contributed by atoms with Gasteiger partial charge >= 0.3 is 0 Å². The summed E-state index contributed by atoms with van der Waals surface area (Å²) < 4.78 is 18.6. The first-order valence-electron chi connectivity index (χ1n) is 8.17. The fourth-order valence-electron chi connectivity index (χ4n) is 2.62. The number of aromatic nitrogens is 1. The van der Waals surface area contributed by atoms with Crippen LogP contribution in [-0.2, 0) is 18.7 Å². The lowest BCUT2D eigenvalue weighted by Gasteiger charge is -2.14. The number of nitrogens with one attached hydrogen (secondary N) is 2. The monoisotopic (exact) mass is 364 g/mol. The van der Waals surface area contributed by atoms with Crippen LogP contribution in [0, 0.1) is 19.7 Å². The molecule has 136 valence electrons. The molecule has 2 aromatic rings. The minimum absolute atomic E-state index is 0.199. The maximum atomic E-state index is 13.4. The highest BCUT2D eigenvalue weighted by molar-refractivity contribution is 7.97. The third-order valence-corrected chi connectivity index (χ3v) is 4.59. The van der Waals surface area contributed by atoms with Crippen molar-refractivity contribution in [2.24, 2.45) is 4.99 Å². The third-order valence-electron chi connectivity index (χ3n) is 3.99. The summed E-state index contributed by atoms with van der Waals surface area (Å²) in [7, 11) is 1.73. The quantitative estimate of drug-likeness (QED) is 0.583. The second-order valence-electron chi connectivity index (χ2n) is 5.75. The molecule has 0 radical (unpaired) electrons. The van der Waals surface area contributed by atoms with Crippen LogP contribution in [0.4, 0.5) is 4.39 Å². The van der Waals surface area contributed by atoms with E-state index in [4.69, 9.17) is 4.52 Å². The van der Waals surface area contributed by atoms with Crippen molar-refractivity contribution in [2.75, 3.05) is 19.8 Å². The Morgan fingerprint density at radius 3 is 2.72 bits per heavy atom. The molecule has 0 bridgehead atoms. The van der Waals surface area contributed by atoms with Crippen LogP contribution in [0.5, 0.6) is 0 Å². The number of hydrogen-bond acceptors (Lipinski definition) is 4. The molecule has 7 heteroatoms. The minimum Gasteiger partial charge on any atom is -0.361 e. The summed E-state index contributed by atoms with van der Waals surface area (Å²) in [5.74, 6) is 2.16. The minimum atomic E-state index is -0.199. The number of benzene rings is 1. The topological polar surface area (TPSA) is 62.5 Å². The molecule has 2 N–H and O–H groups in total. The van der Waals surface area contributed by atoms with Crippen molar-refractivity contribution in [3.63, 3.8) is 0 Å². The molecular weight excluding hydrogens is 339 g/mol. The molecule has 0 aliphatic carbocycles. The smallest absolute Gasteiger partial charge is 0.191 e. The second-order valence-corrected chi connectivity index (χ2v) is 6.62. The van der Waals surface area contributed by atoms with Crippen LogP contribution in [-0.4, -0.2) is 31.0 Å². The summed E-state index contributed by atoms with van der Waals surface area (Å²) in [4.78, 5) is 4.24. The zero-order valence-electron chi connectivity index (χ0n) is 15.1. The Morgan fingerprint density at radius 2 is 2.08 bits per heavy atom. The maximum Gasteiger partial charge on any atom is 0.191 e. The van der Waals surface area contributed by atoms with Gasteiger partial charge in [0.2, 0.25) is 0 Å². The largest absolute Gasteiger partial charge is 0.361 e. The van der Waals surface area contributed by atoms with Crippen LogP contribution < -0.4 is 10.6 Å². The molecule has 5 nitrogen and oxygen atoms in total. The van der Waals surface area contributed by atoms with Crippen molar-refractivity contribution >= 4 is 17.7 Å². The molecule has 0 aliphatic rings. The lowest BCUT2D eigenvalue weighted by atomic mass is 10.1. The van der Waals surface area contributed by atoms with Gasteiger partial charge < -0.3 is 15.2 Å². The molecular formula is C18H25FN4OS. The molecule has 0 unspecified atom stereocenters. The summed E-state index contributed by atoms with van der Waals surface area (Å²) in [6, 6.07) is 4.92. The lowest BCUT2D eigenvalue weighted by molar-refractivity contribution is 0.392. The average molecular weight is 364 g/mol. The van der Waals surface area contributed by atoms with Gasteiger partial charge in [0.15, 0.2) is 5.96 Å². The van der Waals surface area contributed by atoms with Crippen LogP contribution in [0.1, 0.15) is 28.1 Å². The second kappa shape index (κ2) is 9.46. The fraction of sp³-hybridized carbons (Fsp3) is 0.444. The van der Waals surface area contributed by atoms with E-state index in [1.54, 1.807) is 24.9 Å². The summed E-state index contributed by atoms with van der Waals surface area (Å²) >= 11 is 1.68. The van der Waals surface area contributed by atoms with Gasteiger partial charge in [0.1, 0.15) is 11.6 Å². The zero-order chi connectivity index (χ0) is 18.2. The Hall–Kier alpha value is -2.02.